The van der Waals surface area contributed by atoms with Crippen molar-refractivity contribution in [2.24, 2.45) is 0 Å². The molecule has 0 bridgehead atoms. The highest BCUT2D eigenvalue weighted by molar-refractivity contribution is 5.81. The highest BCUT2D eigenvalue weighted by Crippen LogP contribution is 1.97. The molecule has 1 aromatic carbocycles. The molecule has 0 heterocycles. The number of nitrogens with one attached hydrogen (secondary N) is 2. The van der Waals surface area contributed by atoms with Gasteiger partial charge in [-0.25, -0.2) is 0 Å². The molecule has 116 valence electrons. The normalized spacial score (nSPS) is 10.7. The van der Waals surface area contributed by atoms with E-state index in [1.807, 2.05) is 56.0 Å². The van der Waals surface area contributed by atoms with Gasteiger partial charge in [0.05, 0.1) is 13.1 Å². The Morgan fingerprint density at radius 1 is 1.10 bits per heavy atom. The molecule has 0 aliphatic heterocycles. The molecule has 0 spiro atoms. The van der Waals surface area contributed by atoms with Gasteiger partial charge in [-0.05, 0) is 26.0 Å². The molecule has 5 heteroatoms. The van der Waals surface area contributed by atoms with Gasteiger partial charge in [-0.3, -0.25) is 14.5 Å². The molecular formula is C16H25N3O2. The SMILES string of the molecule is CCN(CC(=O)NCc1ccccc1)CC(=O)NC(C)C. The van der Waals surface area contributed by atoms with E-state index in [0.29, 0.717) is 13.1 Å². The van der Waals surface area contributed by atoms with Crippen LogP contribution in [0.2, 0.25) is 0 Å². The number of carbonyl (C=O) groups excluding carboxylic acids is 2. The van der Waals surface area contributed by atoms with Crippen molar-refractivity contribution in [3.63, 3.8) is 0 Å². The summed E-state index contributed by atoms with van der Waals surface area (Å²) < 4.78 is 0. The number of nitrogens with zero attached hydrogens (tertiary/aromatic N) is 1. The summed E-state index contributed by atoms with van der Waals surface area (Å²) in [4.78, 5) is 25.4. The van der Waals surface area contributed by atoms with Gasteiger partial charge in [-0.1, -0.05) is 37.3 Å². The number of benzene rings is 1. The van der Waals surface area contributed by atoms with Crippen LogP contribution in [-0.4, -0.2) is 42.4 Å². The molecule has 0 unspecified atom stereocenters. The average molecular weight is 291 g/mol. The Labute approximate surface area is 126 Å². The van der Waals surface area contributed by atoms with Crippen LogP contribution in [0.4, 0.5) is 0 Å². The largest absolute Gasteiger partial charge is 0.353 e. The summed E-state index contributed by atoms with van der Waals surface area (Å²) in [6, 6.07) is 9.87. The number of hydrogen-bond acceptors (Lipinski definition) is 3. The van der Waals surface area contributed by atoms with Crippen LogP contribution < -0.4 is 10.6 Å². The van der Waals surface area contributed by atoms with E-state index in [2.05, 4.69) is 10.6 Å². The van der Waals surface area contributed by atoms with Crippen LogP contribution in [0.5, 0.6) is 0 Å². The van der Waals surface area contributed by atoms with Gasteiger partial charge in [0, 0.05) is 12.6 Å². The second kappa shape index (κ2) is 9.13. The van der Waals surface area contributed by atoms with Gasteiger partial charge in [0.2, 0.25) is 11.8 Å². The standard InChI is InChI=1S/C16H25N3O2/c1-4-19(12-16(21)18-13(2)3)11-15(20)17-10-14-8-6-5-7-9-14/h5-9,13H,4,10-12H2,1-3H3,(H,17,20)(H,18,21). The van der Waals surface area contributed by atoms with Crippen molar-refractivity contribution in [1.82, 2.24) is 15.5 Å². The summed E-state index contributed by atoms with van der Waals surface area (Å²) in [6.07, 6.45) is 0. The van der Waals surface area contributed by atoms with E-state index in [1.165, 1.54) is 0 Å². The summed E-state index contributed by atoms with van der Waals surface area (Å²) in [5, 5.41) is 5.69. The molecule has 2 N–H and O–H groups in total. The van der Waals surface area contributed by atoms with Gasteiger partial charge in [0.1, 0.15) is 0 Å². The monoisotopic (exact) mass is 291 g/mol. The van der Waals surface area contributed by atoms with Gasteiger partial charge in [-0.15, -0.1) is 0 Å². The lowest BCUT2D eigenvalue weighted by atomic mass is 10.2. The maximum Gasteiger partial charge on any atom is 0.234 e. The van der Waals surface area contributed by atoms with Crippen LogP contribution in [0.15, 0.2) is 30.3 Å². The Morgan fingerprint density at radius 2 is 1.71 bits per heavy atom. The second-order valence-electron chi connectivity index (χ2n) is 5.29. The quantitative estimate of drug-likeness (QED) is 0.755. The molecule has 21 heavy (non-hydrogen) atoms. The van der Waals surface area contributed by atoms with Crippen molar-refractivity contribution < 1.29 is 9.59 Å². The molecule has 1 rings (SSSR count). The molecule has 0 aliphatic rings. The van der Waals surface area contributed by atoms with Gasteiger partial charge in [0.15, 0.2) is 0 Å². The molecule has 0 aromatic heterocycles. The topological polar surface area (TPSA) is 61.4 Å². The number of rotatable bonds is 8. The number of likely N-dealkylation sites (N-methyl/N-ethyl adjacent to an activating group) is 1. The molecule has 0 radical (unpaired) electrons. The summed E-state index contributed by atoms with van der Waals surface area (Å²) in [6.45, 7) is 7.41. The minimum atomic E-state index is -0.0712. The zero-order valence-electron chi connectivity index (χ0n) is 13.1. The van der Waals surface area contributed by atoms with Crippen molar-refractivity contribution in [1.29, 1.82) is 0 Å². The van der Waals surface area contributed by atoms with Gasteiger partial charge < -0.3 is 10.6 Å². The van der Waals surface area contributed by atoms with Crippen molar-refractivity contribution in [3.8, 4) is 0 Å². The first-order valence-corrected chi connectivity index (χ1v) is 7.33. The Bertz CT molecular complexity index is 446. The smallest absolute Gasteiger partial charge is 0.234 e. The van der Waals surface area contributed by atoms with E-state index in [0.717, 1.165) is 5.56 Å². The Morgan fingerprint density at radius 3 is 2.29 bits per heavy atom. The van der Waals surface area contributed by atoms with Crippen molar-refractivity contribution in [2.75, 3.05) is 19.6 Å². The van der Waals surface area contributed by atoms with E-state index in [9.17, 15) is 9.59 Å². The molecular weight excluding hydrogens is 266 g/mol. The van der Waals surface area contributed by atoms with Crippen LogP contribution in [0.25, 0.3) is 0 Å². The number of carbonyl (C=O) groups is 2. The first kappa shape index (κ1) is 17.2. The zero-order valence-corrected chi connectivity index (χ0v) is 13.1. The number of amides is 2. The van der Waals surface area contributed by atoms with Crippen LogP contribution in [0.3, 0.4) is 0 Å². The fourth-order valence-corrected chi connectivity index (χ4v) is 1.91. The third kappa shape index (κ3) is 7.46. The molecule has 0 fully saturated rings. The lowest BCUT2D eigenvalue weighted by molar-refractivity contribution is -0.125. The predicted molar refractivity (Wildman–Crippen MR) is 83.7 cm³/mol. The first-order valence-electron chi connectivity index (χ1n) is 7.33. The van der Waals surface area contributed by atoms with Crippen LogP contribution >= 0.6 is 0 Å². The maximum absolute atomic E-state index is 11.9. The van der Waals surface area contributed by atoms with Crippen molar-refractivity contribution >= 4 is 11.8 Å². The van der Waals surface area contributed by atoms with Crippen LogP contribution in [-0.2, 0) is 16.1 Å². The average Bonchev–Trinajstić information content (AvgIpc) is 2.44. The Balaban J connectivity index is 2.35. The van der Waals surface area contributed by atoms with E-state index in [4.69, 9.17) is 0 Å². The van der Waals surface area contributed by atoms with E-state index < -0.39 is 0 Å². The molecule has 0 aliphatic carbocycles. The van der Waals surface area contributed by atoms with Crippen LogP contribution in [0.1, 0.15) is 26.3 Å². The highest BCUT2D eigenvalue weighted by atomic mass is 16.2. The highest BCUT2D eigenvalue weighted by Gasteiger charge is 2.13. The third-order valence-electron chi connectivity index (χ3n) is 2.96. The fourth-order valence-electron chi connectivity index (χ4n) is 1.91. The van der Waals surface area contributed by atoms with Gasteiger partial charge in [0.25, 0.3) is 0 Å². The minimum Gasteiger partial charge on any atom is -0.353 e. The molecule has 1 aromatic rings. The third-order valence-corrected chi connectivity index (χ3v) is 2.96. The summed E-state index contributed by atoms with van der Waals surface area (Å²) in [7, 11) is 0. The predicted octanol–water partition coefficient (Wildman–Crippen LogP) is 1.15. The minimum absolute atomic E-state index is 0.0530. The first-order chi connectivity index (χ1) is 10.0. The summed E-state index contributed by atoms with van der Waals surface area (Å²) in [5.41, 5.74) is 1.06. The second-order valence-corrected chi connectivity index (χ2v) is 5.29. The molecule has 0 saturated heterocycles. The van der Waals surface area contributed by atoms with E-state index >= 15 is 0 Å². The molecule has 5 nitrogen and oxygen atoms in total. The van der Waals surface area contributed by atoms with Gasteiger partial charge in [-0.2, -0.15) is 0 Å². The van der Waals surface area contributed by atoms with Gasteiger partial charge >= 0.3 is 0 Å². The van der Waals surface area contributed by atoms with Crippen molar-refractivity contribution in [2.45, 2.75) is 33.4 Å². The Kier molecular flexibility index (Phi) is 7.46. The molecule has 2 amide bonds. The zero-order chi connectivity index (χ0) is 15.7. The van der Waals surface area contributed by atoms with E-state index in [-0.39, 0.29) is 30.9 Å². The number of hydrogen-bond donors (Lipinski definition) is 2. The lowest BCUT2D eigenvalue weighted by Gasteiger charge is -2.20. The maximum atomic E-state index is 11.9. The summed E-state index contributed by atoms with van der Waals surface area (Å²) in [5.74, 6) is -0.124. The Hall–Kier alpha value is -1.88. The molecule has 0 atom stereocenters. The molecule has 0 saturated carbocycles. The fraction of sp³-hybridized carbons (Fsp3) is 0.500. The van der Waals surface area contributed by atoms with Crippen molar-refractivity contribution in [3.05, 3.63) is 35.9 Å². The van der Waals surface area contributed by atoms with E-state index in [1.54, 1.807) is 0 Å². The lowest BCUT2D eigenvalue weighted by Crippen LogP contribution is -2.44. The van der Waals surface area contributed by atoms with Crippen LogP contribution in [0, 0.1) is 0 Å². The summed E-state index contributed by atoms with van der Waals surface area (Å²) >= 11 is 0.